The number of nitrogens with one attached hydrogen (secondary N) is 1. The molecule has 136 valence electrons. The standard InChI is InChI=1S/C16H19ClN2O5S/c1-19(2)14(15-5-4-8-24-15)10-18-25(21,22)11-6-7-12(13(17)9-11)16(20)23-3/h4-9,14,18H,10H2,1-3H3/t14-/m0/s1. The maximum atomic E-state index is 12.5. The average Bonchev–Trinajstić information content (AvgIpc) is 3.08. The number of furan rings is 1. The van der Waals surface area contributed by atoms with Gasteiger partial charge in [-0.1, -0.05) is 11.6 Å². The van der Waals surface area contributed by atoms with E-state index in [2.05, 4.69) is 9.46 Å². The van der Waals surface area contributed by atoms with E-state index in [1.54, 1.807) is 12.1 Å². The minimum absolute atomic E-state index is 0.00455. The summed E-state index contributed by atoms with van der Waals surface area (Å²) >= 11 is 5.99. The van der Waals surface area contributed by atoms with Crippen molar-refractivity contribution in [3.63, 3.8) is 0 Å². The van der Waals surface area contributed by atoms with E-state index < -0.39 is 16.0 Å². The Balaban J connectivity index is 2.18. The van der Waals surface area contributed by atoms with E-state index in [1.165, 1.54) is 31.6 Å². The number of methoxy groups -OCH3 is 1. The van der Waals surface area contributed by atoms with E-state index >= 15 is 0 Å². The van der Waals surface area contributed by atoms with Crippen LogP contribution in [0.15, 0.2) is 45.9 Å². The number of carbonyl (C=O) groups is 1. The third kappa shape index (κ3) is 4.60. The van der Waals surface area contributed by atoms with Gasteiger partial charge in [0.25, 0.3) is 0 Å². The van der Waals surface area contributed by atoms with Crippen molar-refractivity contribution in [2.24, 2.45) is 0 Å². The number of nitrogens with zero attached hydrogens (tertiary/aromatic N) is 1. The van der Waals surface area contributed by atoms with Crippen LogP contribution in [0.4, 0.5) is 0 Å². The van der Waals surface area contributed by atoms with Crippen molar-refractivity contribution in [2.45, 2.75) is 10.9 Å². The van der Waals surface area contributed by atoms with Crippen molar-refractivity contribution < 1.29 is 22.4 Å². The van der Waals surface area contributed by atoms with Gasteiger partial charge >= 0.3 is 5.97 Å². The van der Waals surface area contributed by atoms with Crippen LogP contribution in [0.3, 0.4) is 0 Å². The topological polar surface area (TPSA) is 88.8 Å². The molecule has 1 atom stereocenters. The Morgan fingerprint density at radius 3 is 2.60 bits per heavy atom. The molecule has 2 aromatic rings. The first-order valence-corrected chi connectivity index (χ1v) is 9.19. The summed E-state index contributed by atoms with van der Waals surface area (Å²) in [6, 6.07) is 7.09. The number of halogens is 1. The first kappa shape index (κ1) is 19.5. The Bertz CT molecular complexity index is 834. The van der Waals surface area contributed by atoms with Gasteiger partial charge in [0.05, 0.1) is 34.9 Å². The smallest absolute Gasteiger partial charge is 0.339 e. The molecule has 1 aromatic carbocycles. The van der Waals surface area contributed by atoms with Crippen molar-refractivity contribution in [3.8, 4) is 0 Å². The van der Waals surface area contributed by atoms with Crippen LogP contribution in [0.2, 0.25) is 5.02 Å². The molecule has 0 aliphatic rings. The van der Waals surface area contributed by atoms with Crippen LogP contribution >= 0.6 is 11.6 Å². The highest BCUT2D eigenvalue weighted by Gasteiger charge is 2.22. The lowest BCUT2D eigenvalue weighted by Gasteiger charge is -2.22. The molecule has 1 N–H and O–H groups in total. The number of likely N-dealkylation sites (N-methyl/N-ethyl adjacent to an activating group) is 1. The van der Waals surface area contributed by atoms with Crippen LogP contribution in [-0.2, 0) is 14.8 Å². The van der Waals surface area contributed by atoms with Gasteiger partial charge in [0.15, 0.2) is 0 Å². The van der Waals surface area contributed by atoms with Gasteiger partial charge < -0.3 is 9.15 Å². The normalized spacial score (nSPS) is 13.0. The lowest BCUT2D eigenvalue weighted by Crippen LogP contribution is -2.34. The van der Waals surface area contributed by atoms with E-state index in [4.69, 9.17) is 16.0 Å². The van der Waals surface area contributed by atoms with Crippen molar-refractivity contribution in [1.29, 1.82) is 0 Å². The maximum absolute atomic E-state index is 12.5. The van der Waals surface area contributed by atoms with Crippen LogP contribution in [0.25, 0.3) is 0 Å². The van der Waals surface area contributed by atoms with Crippen LogP contribution in [0.5, 0.6) is 0 Å². The van der Waals surface area contributed by atoms with E-state index in [9.17, 15) is 13.2 Å². The molecule has 0 aliphatic heterocycles. The zero-order valence-electron chi connectivity index (χ0n) is 14.0. The molecule has 0 bridgehead atoms. The van der Waals surface area contributed by atoms with Gasteiger partial charge in [-0.3, -0.25) is 4.90 Å². The molecule has 0 radical (unpaired) electrons. The molecular weight excluding hydrogens is 368 g/mol. The largest absolute Gasteiger partial charge is 0.468 e. The molecule has 7 nitrogen and oxygen atoms in total. The third-order valence-electron chi connectivity index (χ3n) is 3.62. The van der Waals surface area contributed by atoms with Crippen LogP contribution < -0.4 is 4.72 Å². The molecule has 0 fully saturated rings. The number of esters is 1. The second-order valence-electron chi connectivity index (χ2n) is 5.48. The minimum atomic E-state index is -3.81. The number of hydrogen-bond acceptors (Lipinski definition) is 6. The summed E-state index contributed by atoms with van der Waals surface area (Å²) in [6.45, 7) is 0.110. The molecule has 1 heterocycles. The van der Waals surface area contributed by atoms with Gasteiger partial charge in [0.1, 0.15) is 5.76 Å². The summed E-state index contributed by atoms with van der Waals surface area (Å²) in [4.78, 5) is 13.3. The number of carbonyl (C=O) groups excluding carboxylic acids is 1. The molecular formula is C16H19ClN2O5S. The van der Waals surface area contributed by atoms with Gasteiger partial charge in [-0.05, 0) is 44.4 Å². The average molecular weight is 387 g/mol. The number of rotatable bonds is 7. The monoisotopic (exact) mass is 386 g/mol. The van der Waals surface area contributed by atoms with Crippen LogP contribution in [-0.4, -0.2) is 47.0 Å². The molecule has 0 spiro atoms. The lowest BCUT2D eigenvalue weighted by molar-refractivity contribution is 0.0601. The summed E-state index contributed by atoms with van der Waals surface area (Å²) < 4.78 is 37.5. The zero-order chi connectivity index (χ0) is 18.6. The van der Waals surface area contributed by atoms with Gasteiger partial charge in [0.2, 0.25) is 10.0 Å². The fraction of sp³-hybridized carbons (Fsp3) is 0.312. The predicted molar refractivity (Wildman–Crippen MR) is 93.1 cm³/mol. The summed E-state index contributed by atoms with van der Waals surface area (Å²) in [7, 11) is 1.06. The Morgan fingerprint density at radius 1 is 1.36 bits per heavy atom. The molecule has 0 aliphatic carbocycles. The van der Waals surface area contributed by atoms with Crippen LogP contribution in [0.1, 0.15) is 22.2 Å². The summed E-state index contributed by atoms with van der Waals surface area (Å²) in [5.74, 6) is 0.0131. The molecule has 1 aromatic heterocycles. The lowest BCUT2D eigenvalue weighted by atomic mass is 10.2. The molecule has 2 rings (SSSR count). The Morgan fingerprint density at radius 2 is 2.08 bits per heavy atom. The van der Waals surface area contributed by atoms with E-state index in [1.807, 2.05) is 19.0 Å². The molecule has 0 saturated heterocycles. The second kappa shape index (κ2) is 8.01. The summed E-state index contributed by atoms with van der Waals surface area (Å²) in [6.07, 6.45) is 1.53. The van der Waals surface area contributed by atoms with E-state index in [0.29, 0.717) is 5.76 Å². The molecule has 0 saturated carbocycles. The van der Waals surface area contributed by atoms with E-state index in [-0.39, 0.29) is 28.1 Å². The second-order valence-corrected chi connectivity index (χ2v) is 7.65. The van der Waals surface area contributed by atoms with Gasteiger partial charge in [-0.25, -0.2) is 17.9 Å². The van der Waals surface area contributed by atoms with Crippen molar-refractivity contribution in [2.75, 3.05) is 27.7 Å². The number of ether oxygens (including phenoxy) is 1. The van der Waals surface area contributed by atoms with Crippen molar-refractivity contribution >= 4 is 27.6 Å². The van der Waals surface area contributed by atoms with Gasteiger partial charge in [-0.2, -0.15) is 0 Å². The highest BCUT2D eigenvalue weighted by Crippen LogP contribution is 2.23. The van der Waals surface area contributed by atoms with Gasteiger partial charge in [-0.15, -0.1) is 0 Å². The first-order valence-electron chi connectivity index (χ1n) is 7.33. The summed E-state index contributed by atoms with van der Waals surface area (Å²) in [5.41, 5.74) is 0.102. The van der Waals surface area contributed by atoms with Crippen LogP contribution in [0, 0.1) is 0 Å². The highest BCUT2D eigenvalue weighted by atomic mass is 35.5. The van der Waals surface area contributed by atoms with E-state index in [0.717, 1.165) is 0 Å². The molecule has 9 heteroatoms. The first-order chi connectivity index (χ1) is 11.8. The third-order valence-corrected chi connectivity index (χ3v) is 5.35. The van der Waals surface area contributed by atoms with Crippen molar-refractivity contribution in [1.82, 2.24) is 9.62 Å². The highest BCUT2D eigenvalue weighted by molar-refractivity contribution is 7.89. The zero-order valence-corrected chi connectivity index (χ0v) is 15.6. The van der Waals surface area contributed by atoms with Crippen molar-refractivity contribution in [3.05, 3.63) is 52.9 Å². The quantitative estimate of drug-likeness (QED) is 0.734. The molecule has 25 heavy (non-hydrogen) atoms. The summed E-state index contributed by atoms with van der Waals surface area (Å²) in [5, 5.41) is 0.00455. The SMILES string of the molecule is COC(=O)c1ccc(S(=O)(=O)NC[C@@H](c2ccco2)N(C)C)cc1Cl. The molecule has 0 amide bonds. The predicted octanol–water partition coefficient (Wildman–Crippen LogP) is 2.30. The minimum Gasteiger partial charge on any atom is -0.468 e. The Labute approximate surface area is 151 Å². The Kier molecular flexibility index (Phi) is 6.23. The van der Waals surface area contributed by atoms with Gasteiger partial charge in [0, 0.05) is 6.54 Å². The Hall–Kier alpha value is -1.87. The number of hydrogen-bond donors (Lipinski definition) is 1. The maximum Gasteiger partial charge on any atom is 0.339 e. The fourth-order valence-corrected chi connectivity index (χ4v) is 3.62. The number of benzene rings is 1. The fourth-order valence-electron chi connectivity index (χ4n) is 2.23. The molecule has 0 unspecified atom stereocenters. The number of sulfonamides is 1.